The molecule has 2 rings (SSSR count). The molecule has 4 nitrogen and oxygen atoms in total. The Morgan fingerprint density at radius 3 is 2.38 bits per heavy atom. The normalized spacial score (nSPS) is 30.4. The average molecular weight is 467 g/mol. The first-order valence-electron chi connectivity index (χ1n) is 12.7. The predicted molar refractivity (Wildman–Crippen MR) is 135 cm³/mol. The van der Waals surface area contributed by atoms with E-state index in [1.807, 2.05) is 20.8 Å². The number of carbonyl (C=O) groups excluding carboxylic acids is 1. The second-order valence-corrected chi connectivity index (χ2v) is 17.8. The number of fused-ring (bicyclic) bond motifs is 1. The van der Waals surface area contributed by atoms with E-state index in [1.54, 1.807) is 0 Å². The molecule has 0 aromatic carbocycles. The highest BCUT2D eigenvalue weighted by Crippen LogP contribution is 2.59. The molecule has 0 saturated heterocycles. The minimum atomic E-state index is -1.76. The van der Waals surface area contributed by atoms with Crippen LogP contribution in [0.2, 0.25) is 18.1 Å². The van der Waals surface area contributed by atoms with E-state index in [9.17, 15) is 4.79 Å². The summed E-state index contributed by atoms with van der Waals surface area (Å²) in [5.41, 5.74) is -0.113. The predicted octanol–water partition coefficient (Wildman–Crippen LogP) is 7.14. The smallest absolute Gasteiger partial charge is 0.332 e. The maximum absolute atomic E-state index is 11.8. The average Bonchev–Trinajstić information content (AvgIpc) is 2.96. The molecule has 2 aliphatic carbocycles. The number of rotatable bonds is 8. The highest BCUT2D eigenvalue weighted by Gasteiger charge is 2.54. The van der Waals surface area contributed by atoms with Gasteiger partial charge >= 0.3 is 5.97 Å². The highest BCUT2D eigenvalue weighted by molar-refractivity contribution is 6.74. The van der Waals surface area contributed by atoms with Gasteiger partial charge in [0.15, 0.2) is 8.32 Å². The van der Waals surface area contributed by atoms with E-state index in [4.69, 9.17) is 13.9 Å². The lowest BCUT2D eigenvalue weighted by molar-refractivity contribution is -0.159. The molecule has 0 unspecified atom stereocenters. The molecule has 2 aliphatic rings. The van der Waals surface area contributed by atoms with Crippen LogP contribution in [-0.4, -0.2) is 39.2 Å². The van der Waals surface area contributed by atoms with E-state index >= 15 is 0 Å². The second-order valence-electron chi connectivity index (χ2n) is 13.0. The third-order valence-electron chi connectivity index (χ3n) is 8.32. The van der Waals surface area contributed by atoms with Crippen molar-refractivity contribution in [2.75, 3.05) is 13.2 Å². The summed E-state index contributed by atoms with van der Waals surface area (Å²) in [5.74, 6) is 1.55. The molecule has 5 atom stereocenters. The van der Waals surface area contributed by atoms with E-state index in [2.05, 4.69) is 59.9 Å². The summed E-state index contributed by atoms with van der Waals surface area (Å²) >= 11 is 0. The van der Waals surface area contributed by atoms with Gasteiger partial charge < -0.3 is 13.9 Å². The van der Waals surface area contributed by atoms with Crippen molar-refractivity contribution in [3.8, 4) is 0 Å². The topological polar surface area (TPSA) is 44.8 Å². The van der Waals surface area contributed by atoms with Crippen LogP contribution in [0.5, 0.6) is 0 Å². The van der Waals surface area contributed by atoms with Crippen LogP contribution in [0, 0.1) is 23.2 Å². The minimum absolute atomic E-state index is 0.00563. The van der Waals surface area contributed by atoms with E-state index in [1.165, 1.54) is 32.1 Å². The van der Waals surface area contributed by atoms with Crippen molar-refractivity contribution >= 4 is 14.3 Å². The third-order valence-corrected chi connectivity index (χ3v) is 12.8. The van der Waals surface area contributed by atoms with Gasteiger partial charge in [0.2, 0.25) is 0 Å². The van der Waals surface area contributed by atoms with Crippen molar-refractivity contribution < 1.29 is 18.7 Å². The van der Waals surface area contributed by atoms with Crippen LogP contribution in [0.3, 0.4) is 0 Å². The molecule has 0 spiro atoms. The van der Waals surface area contributed by atoms with Gasteiger partial charge in [0.25, 0.3) is 0 Å². The van der Waals surface area contributed by atoms with Crippen LogP contribution in [-0.2, 0) is 18.7 Å². The SMILES string of the molecule is C[C@H](/C=C/COCC(=O)OC(C)(C)C)[C@H]1CC[C@H]2[C@H](O[Si](C)(C)C(C)(C)C)CCC[C@]12C. The van der Waals surface area contributed by atoms with Crippen LogP contribution >= 0.6 is 0 Å². The Balaban J connectivity index is 1.92. The van der Waals surface area contributed by atoms with Crippen molar-refractivity contribution in [2.45, 2.75) is 117 Å². The van der Waals surface area contributed by atoms with Crippen molar-refractivity contribution in [3.63, 3.8) is 0 Å². The van der Waals surface area contributed by atoms with Crippen molar-refractivity contribution in [1.29, 1.82) is 0 Å². The lowest BCUT2D eigenvalue weighted by Gasteiger charge is -2.49. The number of hydrogen-bond acceptors (Lipinski definition) is 4. The lowest BCUT2D eigenvalue weighted by atomic mass is 9.62. The first-order chi connectivity index (χ1) is 14.6. The maximum atomic E-state index is 11.8. The van der Waals surface area contributed by atoms with Gasteiger partial charge in [0.05, 0.1) is 6.61 Å². The Bertz CT molecular complexity index is 658. The quantitative estimate of drug-likeness (QED) is 0.165. The fourth-order valence-electron chi connectivity index (χ4n) is 5.71. The first-order valence-corrected chi connectivity index (χ1v) is 15.6. The number of hydrogen-bond donors (Lipinski definition) is 0. The summed E-state index contributed by atoms with van der Waals surface area (Å²) in [6, 6.07) is 0. The third kappa shape index (κ3) is 6.93. The van der Waals surface area contributed by atoms with Gasteiger partial charge in [-0.05, 0) is 87.8 Å². The van der Waals surface area contributed by atoms with Crippen molar-refractivity contribution in [1.82, 2.24) is 0 Å². The first kappa shape index (κ1) is 27.6. The summed E-state index contributed by atoms with van der Waals surface area (Å²) in [6.45, 7) is 22.8. The van der Waals surface area contributed by atoms with Gasteiger partial charge in [-0.25, -0.2) is 4.79 Å². The maximum Gasteiger partial charge on any atom is 0.332 e. The molecule has 0 aliphatic heterocycles. The fraction of sp³-hybridized carbons (Fsp3) is 0.889. The van der Waals surface area contributed by atoms with Crippen LogP contribution in [0.15, 0.2) is 12.2 Å². The van der Waals surface area contributed by atoms with E-state index < -0.39 is 13.9 Å². The summed E-state index contributed by atoms with van der Waals surface area (Å²) in [7, 11) is -1.76. The molecule has 5 heteroatoms. The van der Waals surface area contributed by atoms with E-state index in [0.29, 0.717) is 35.9 Å². The lowest BCUT2D eigenvalue weighted by Crippen LogP contribution is -2.50. The number of esters is 1. The van der Waals surface area contributed by atoms with Crippen LogP contribution in [0.25, 0.3) is 0 Å². The number of carbonyl (C=O) groups is 1. The fourth-order valence-corrected chi connectivity index (χ4v) is 7.10. The standard InChI is InChI=1S/C27H50O4Si/c1-20(13-12-18-29-19-24(28)30-25(2,3)4)21-15-16-22-23(14-11-17-27(21,22)8)31-32(9,10)26(5,6)7/h12-13,20-23H,11,14-19H2,1-10H3/b13-12+/t20-,21-,22+,23-,27-/m1/s1. The molecule has 0 bridgehead atoms. The molecule has 32 heavy (non-hydrogen) atoms. The Kier molecular flexibility index (Phi) is 8.89. The molecule has 2 fully saturated rings. The van der Waals surface area contributed by atoms with Crippen molar-refractivity contribution in [3.05, 3.63) is 12.2 Å². The van der Waals surface area contributed by atoms with Gasteiger partial charge in [0, 0.05) is 6.10 Å². The van der Waals surface area contributed by atoms with Gasteiger partial charge in [-0.2, -0.15) is 0 Å². The molecule has 0 heterocycles. The van der Waals surface area contributed by atoms with Gasteiger partial charge in [-0.3, -0.25) is 0 Å². The molecular weight excluding hydrogens is 416 g/mol. The minimum Gasteiger partial charge on any atom is -0.458 e. The number of ether oxygens (including phenoxy) is 2. The molecule has 0 radical (unpaired) electrons. The molecule has 186 valence electrons. The zero-order valence-electron chi connectivity index (χ0n) is 22.5. The Labute approximate surface area is 199 Å². The second kappa shape index (κ2) is 10.3. The molecular formula is C27H50O4Si. The highest BCUT2D eigenvalue weighted by atomic mass is 28.4. The zero-order chi connectivity index (χ0) is 24.4. The Hall–Kier alpha value is -0.653. The molecule has 0 aromatic heterocycles. The summed E-state index contributed by atoms with van der Waals surface area (Å²) in [5, 5.41) is 0.258. The molecule has 0 aromatic rings. The Morgan fingerprint density at radius 1 is 1.12 bits per heavy atom. The largest absolute Gasteiger partial charge is 0.458 e. The molecule has 0 N–H and O–H groups in total. The Morgan fingerprint density at radius 2 is 1.78 bits per heavy atom. The zero-order valence-corrected chi connectivity index (χ0v) is 23.5. The summed E-state index contributed by atoms with van der Waals surface area (Å²) < 4.78 is 17.8. The van der Waals surface area contributed by atoms with Gasteiger partial charge in [-0.1, -0.05) is 53.2 Å². The van der Waals surface area contributed by atoms with Gasteiger partial charge in [-0.15, -0.1) is 0 Å². The monoisotopic (exact) mass is 466 g/mol. The van der Waals surface area contributed by atoms with Crippen molar-refractivity contribution in [2.24, 2.45) is 23.2 Å². The van der Waals surface area contributed by atoms with E-state index in [-0.39, 0.29) is 17.6 Å². The summed E-state index contributed by atoms with van der Waals surface area (Å²) in [6.07, 6.45) is 11.2. The summed E-state index contributed by atoms with van der Waals surface area (Å²) in [4.78, 5) is 11.8. The van der Waals surface area contributed by atoms with Gasteiger partial charge in [0.1, 0.15) is 12.2 Å². The van der Waals surface area contributed by atoms with Crippen LogP contribution in [0.4, 0.5) is 0 Å². The number of allylic oxidation sites excluding steroid dienone is 1. The molecule has 0 amide bonds. The molecule has 2 saturated carbocycles. The van der Waals surface area contributed by atoms with Crippen LogP contribution in [0.1, 0.15) is 87.5 Å². The van der Waals surface area contributed by atoms with E-state index in [0.717, 1.165) is 0 Å². The van der Waals surface area contributed by atoms with Crippen LogP contribution < -0.4 is 0 Å².